The zero-order valence-electron chi connectivity index (χ0n) is 17.8. The minimum atomic E-state index is 0.345. The van der Waals surface area contributed by atoms with Gasteiger partial charge >= 0.3 is 0 Å². The van der Waals surface area contributed by atoms with Gasteiger partial charge in [-0.25, -0.2) is 0 Å². The molecule has 0 bridgehead atoms. The minimum Gasteiger partial charge on any atom is -0.379 e. The third-order valence-electron chi connectivity index (χ3n) is 5.59. The number of hydrogen-bond donors (Lipinski definition) is 0. The molecule has 6 nitrogen and oxygen atoms in total. The van der Waals surface area contributed by atoms with Crippen molar-refractivity contribution in [2.45, 2.75) is 33.0 Å². The molecule has 6 heteroatoms. The van der Waals surface area contributed by atoms with Crippen LogP contribution in [0, 0.1) is 6.92 Å². The maximum atomic E-state index is 5.62. The quantitative estimate of drug-likeness (QED) is 0.568. The van der Waals surface area contributed by atoms with Crippen molar-refractivity contribution in [3.05, 3.63) is 71.6 Å². The Balaban J connectivity index is 1.48. The Hall–Kier alpha value is -2.54. The minimum absolute atomic E-state index is 0.345. The largest absolute Gasteiger partial charge is 0.379 e. The number of hydrogen-bond acceptors (Lipinski definition) is 6. The van der Waals surface area contributed by atoms with Crippen molar-refractivity contribution in [1.82, 2.24) is 19.9 Å². The molecule has 1 fully saturated rings. The van der Waals surface area contributed by atoms with Gasteiger partial charge in [-0.2, -0.15) is 4.98 Å². The van der Waals surface area contributed by atoms with Crippen LogP contribution in [0.15, 0.2) is 59.1 Å². The molecule has 0 radical (unpaired) electrons. The summed E-state index contributed by atoms with van der Waals surface area (Å²) in [5.74, 6) is 1.29. The van der Waals surface area contributed by atoms with E-state index in [0.717, 1.165) is 45.0 Å². The van der Waals surface area contributed by atoms with Crippen LogP contribution in [-0.2, 0) is 17.8 Å². The molecule has 3 aromatic rings. The van der Waals surface area contributed by atoms with Crippen molar-refractivity contribution in [1.29, 1.82) is 0 Å². The van der Waals surface area contributed by atoms with Crippen molar-refractivity contribution in [2.75, 3.05) is 32.8 Å². The van der Waals surface area contributed by atoms with Gasteiger partial charge in [0.2, 0.25) is 11.7 Å². The highest BCUT2D eigenvalue weighted by molar-refractivity contribution is 5.54. The third kappa shape index (κ3) is 5.53. The fraction of sp³-hybridized carbons (Fsp3) is 0.417. The highest BCUT2D eigenvalue weighted by Crippen LogP contribution is 2.19. The Bertz CT molecular complexity index is 904. The second kappa shape index (κ2) is 9.98. The molecule has 1 unspecified atom stereocenters. The number of rotatable bonds is 8. The molecule has 4 rings (SSSR count). The molecule has 0 aliphatic carbocycles. The number of nitrogens with zero attached hydrogens (tertiary/aromatic N) is 4. The predicted octanol–water partition coefficient (Wildman–Crippen LogP) is 3.77. The Morgan fingerprint density at radius 3 is 2.47 bits per heavy atom. The second-order valence-electron chi connectivity index (χ2n) is 8.03. The van der Waals surface area contributed by atoms with E-state index in [-0.39, 0.29) is 0 Å². The zero-order chi connectivity index (χ0) is 20.8. The van der Waals surface area contributed by atoms with Crippen molar-refractivity contribution in [2.24, 2.45) is 0 Å². The van der Waals surface area contributed by atoms with Crippen LogP contribution in [0.4, 0.5) is 0 Å². The summed E-state index contributed by atoms with van der Waals surface area (Å²) in [5, 5.41) is 4.21. The lowest BCUT2D eigenvalue weighted by molar-refractivity contribution is 0.0214. The van der Waals surface area contributed by atoms with Crippen LogP contribution < -0.4 is 0 Å². The van der Waals surface area contributed by atoms with Gasteiger partial charge in [0.15, 0.2) is 0 Å². The second-order valence-corrected chi connectivity index (χ2v) is 8.03. The summed E-state index contributed by atoms with van der Waals surface area (Å²) in [5.41, 5.74) is 3.48. The molecule has 2 aromatic carbocycles. The Morgan fingerprint density at radius 1 is 1.00 bits per heavy atom. The van der Waals surface area contributed by atoms with Crippen molar-refractivity contribution in [3.8, 4) is 11.4 Å². The SMILES string of the molecule is Cc1ccc(-c2noc(CN(Cc3ccccc3)C(C)CN3CCOCC3)n2)cc1. The normalized spacial score (nSPS) is 16.1. The Kier molecular flexibility index (Phi) is 6.89. The number of aryl methyl sites for hydroxylation is 1. The fourth-order valence-corrected chi connectivity index (χ4v) is 3.77. The van der Waals surface area contributed by atoms with Crippen LogP contribution in [0.1, 0.15) is 23.9 Å². The summed E-state index contributed by atoms with van der Waals surface area (Å²) in [6, 6.07) is 19.1. The summed E-state index contributed by atoms with van der Waals surface area (Å²) in [4.78, 5) is 9.55. The van der Waals surface area contributed by atoms with Gasteiger partial charge in [0, 0.05) is 37.8 Å². The standard InChI is InChI=1S/C24H30N4O2/c1-19-8-10-22(11-9-19)24-25-23(30-26-24)18-28(17-21-6-4-3-5-7-21)20(2)16-27-12-14-29-15-13-27/h3-11,20H,12-18H2,1-2H3. The molecule has 1 atom stereocenters. The van der Waals surface area contributed by atoms with Gasteiger partial charge in [-0.15, -0.1) is 0 Å². The fourth-order valence-electron chi connectivity index (χ4n) is 3.77. The number of aromatic nitrogens is 2. The number of ether oxygens (including phenoxy) is 1. The van der Waals surface area contributed by atoms with Crippen LogP contribution in [0.5, 0.6) is 0 Å². The van der Waals surface area contributed by atoms with E-state index in [2.05, 4.69) is 76.3 Å². The first-order valence-corrected chi connectivity index (χ1v) is 10.6. The summed E-state index contributed by atoms with van der Waals surface area (Å²) in [6.07, 6.45) is 0. The van der Waals surface area contributed by atoms with Crippen molar-refractivity contribution >= 4 is 0 Å². The van der Waals surface area contributed by atoms with Gasteiger partial charge in [0.25, 0.3) is 0 Å². The first kappa shape index (κ1) is 20.7. The number of benzene rings is 2. The monoisotopic (exact) mass is 406 g/mol. The summed E-state index contributed by atoms with van der Waals surface area (Å²) >= 11 is 0. The molecular formula is C24H30N4O2. The molecule has 1 aromatic heterocycles. The van der Waals surface area contributed by atoms with E-state index in [1.54, 1.807) is 0 Å². The van der Waals surface area contributed by atoms with Crippen LogP contribution in [-0.4, -0.2) is 58.8 Å². The predicted molar refractivity (Wildman–Crippen MR) is 117 cm³/mol. The highest BCUT2D eigenvalue weighted by atomic mass is 16.5. The average molecular weight is 407 g/mol. The van der Waals surface area contributed by atoms with E-state index in [9.17, 15) is 0 Å². The molecule has 1 aliphatic heterocycles. The van der Waals surface area contributed by atoms with E-state index in [1.165, 1.54) is 11.1 Å². The van der Waals surface area contributed by atoms with Crippen LogP contribution >= 0.6 is 0 Å². The lowest BCUT2D eigenvalue weighted by Gasteiger charge is -2.34. The lowest BCUT2D eigenvalue weighted by Crippen LogP contribution is -2.45. The molecule has 0 N–H and O–H groups in total. The molecule has 0 saturated carbocycles. The van der Waals surface area contributed by atoms with Crippen molar-refractivity contribution in [3.63, 3.8) is 0 Å². The first-order chi connectivity index (χ1) is 14.7. The van der Waals surface area contributed by atoms with E-state index < -0.39 is 0 Å². The number of morpholine rings is 1. The van der Waals surface area contributed by atoms with Gasteiger partial charge in [-0.1, -0.05) is 65.3 Å². The zero-order valence-corrected chi connectivity index (χ0v) is 17.8. The van der Waals surface area contributed by atoms with E-state index in [4.69, 9.17) is 9.26 Å². The van der Waals surface area contributed by atoms with E-state index in [1.807, 2.05) is 12.1 Å². The summed E-state index contributed by atoms with van der Waals surface area (Å²) in [6.45, 7) is 10.4. The average Bonchev–Trinajstić information content (AvgIpc) is 3.24. The molecular weight excluding hydrogens is 376 g/mol. The molecule has 0 amide bonds. The lowest BCUT2D eigenvalue weighted by atomic mass is 10.1. The molecule has 158 valence electrons. The summed E-state index contributed by atoms with van der Waals surface area (Å²) in [7, 11) is 0. The van der Waals surface area contributed by atoms with E-state index in [0.29, 0.717) is 24.3 Å². The van der Waals surface area contributed by atoms with Crippen LogP contribution in [0.25, 0.3) is 11.4 Å². The summed E-state index contributed by atoms with van der Waals surface area (Å²) < 4.78 is 11.1. The molecule has 1 saturated heterocycles. The van der Waals surface area contributed by atoms with Gasteiger partial charge in [0.05, 0.1) is 19.8 Å². The van der Waals surface area contributed by atoms with Gasteiger partial charge in [-0.3, -0.25) is 9.80 Å². The topological polar surface area (TPSA) is 54.6 Å². The van der Waals surface area contributed by atoms with Gasteiger partial charge in [0.1, 0.15) is 0 Å². The maximum Gasteiger partial charge on any atom is 0.241 e. The van der Waals surface area contributed by atoms with Crippen LogP contribution in [0.3, 0.4) is 0 Å². The molecule has 1 aliphatic rings. The Labute approximate surface area is 178 Å². The molecule has 0 spiro atoms. The van der Waals surface area contributed by atoms with Gasteiger partial charge in [-0.05, 0) is 19.4 Å². The highest BCUT2D eigenvalue weighted by Gasteiger charge is 2.22. The first-order valence-electron chi connectivity index (χ1n) is 10.6. The smallest absolute Gasteiger partial charge is 0.241 e. The van der Waals surface area contributed by atoms with Crippen molar-refractivity contribution < 1.29 is 9.26 Å². The molecule has 30 heavy (non-hydrogen) atoms. The van der Waals surface area contributed by atoms with E-state index >= 15 is 0 Å². The third-order valence-corrected chi connectivity index (χ3v) is 5.59. The van der Waals surface area contributed by atoms with Crippen LogP contribution in [0.2, 0.25) is 0 Å². The Morgan fingerprint density at radius 2 is 1.73 bits per heavy atom. The maximum absolute atomic E-state index is 5.62. The molecule has 2 heterocycles. The van der Waals surface area contributed by atoms with Gasteiger partial charge < -0.3 is 9.26 Å².